The number of hydrogen-bond donors (Lipinski definition) is 0. The Balaban J connectivity index is 4.25. The summed E-state index contributed by atoms with van der Waals surface area (Å²) in [6, 6.07) is 2.07. The standard InChI is InChI=1S/C11H19NO2/c1-4-7-8-14-10(13)11(5-2,6-3)9-12/h4-8H2,1-3H3. The summed E-state index contributed by atoms with van der Waals surface area (Å²) in [4.78, 5) is 11.6. The van der Waals surface area contributed by atoms with Crippen molar-refractivity contribution in [2.75, 3.05) is 6.61 Å². The molecule has 0 N–H and O–H groups in total. The molecule has 0 aromatic carbocycles. The van der Waals surface area contributed by atoms with E-state index in [4.69, 9.17) is 10.00 Å². The number of carbonyl (C=O) groups is 1. The first-order chi connectivity index (χ1) is 6.66. The van der Waals surface area contributed by atoms with Gasteiger partial charge in [0.25, 0.3) is 0 Å². The van der Waals surface area contributed by atoms with E-state index in [0.717, 1.165) is 12.8 Å². The third-order valence-electron chi connectivity index (χ3n) is 2.54. The summed E-state index contributed by atoms with van der Waals surface area (Å²) in [6.07, 6.45) is 2.89. The average molecular weight is 197 g/mol. The van der Waals surface area contributed by atoms with Crippen molar-refractivity contribution in [3.63, 3.8) is 0 Å². The minimum absolute atomic E-state index is 0.363. The lowest BCUT2D eigenvalue weighted by atomic mass is 9.84. The zero-order valence-electron chi connectivity index (χ0n) is 9.30. The van der Waals surface area contributed by atoms with Gasteiger partial charge in [0.2, 0.25) is 0 Å². The van der Waals surface area contributed by atoms with Crippen molar-refractivity contribution in [1.29, 1.82) is 5.26 Å². The summed E-state index contributed by atoms with van der Waals surface area (Å²) in [5, 5.41) is 8.95. The van der Waals surface area contributed by atoms with Crippen molar-refractivity contribution < 1.29 is 9.53 Å². The third-order valence-corrected chi connectivity index (χ3v) is 2.54. The maximum absolute atomic E-state index is 11.6. The van der Waals surface area contributed by atoms with Gasteiger partial charge in [-0.25, -0.2) is 0 Å². The minimum atomic E-state index is -0.923. The van der Waals surface area contributed by atoms with Crippen molar-refractivity contribution in [3.8, 4) is 6.07 Å². The largest absolute Gasteiger partial charge is 0.465 e. The molecule has 0 saturated heterocycles. The highest BCUT2D eigenvalue weighted by molar-refractivity contribution is 5.79. The smallest absolute Gasteiger partial charge is 0.326 e. The molecule has 0 aliphatic carbocycles. The SMILES string of the molecule is CCCCOC(=O)C(C#N)(CC)CC. The van der Waals surface area contributed by atoms with Crippen LogP contribution in [0.15, 0.2) is 0 Å². The van der Waals surface area contributed by atoms with Gasteiger partial charge in [0.05, 0.1) is 12.7 Å². The molecule has 0 rings (SSSR count). The Labute approximate surface area is 86.1 Å². The summed E-state index contributed by atoms with van der Waals surface area (Å²) in [6.45, 7) is 6.14. The van der Waals surface area contributed by atoms with E-state index in [9.17, 15) is 4.79 Å². The van der Waals surface area contributed by atoms with Gasteiger partial charge < -0.3 is 4.74 Å². The Morgan fingerprint density at radius 1 is 1.36 bits per heavy atom. The number of nitriles is 1. The number of carbonyl (C=O) groups excluding carboxylic acids is 1. The summed E-state index contributed by atoms with van der Waals surface area (Å²) < 4.78 is 5.06. The summed E-state index contributed by atoms with van der Waals surface area (Å²) >= 11 is 0. The van der Waals surface area contributed by atoms with Gasteiger partial charge in [-0.05, 0) is 19.3 Å². The number of rotatable bonds is 6. The Morgan fingerprint density at radius 3 is 2.29 bits per heavy atom. The van der Waals surface area contributed by atoms with Crippen LogP contribution in [0.3, 0.4) is 0 Å². The molecule has 0 saturated carbocycles. The molecule has 0 fully saturated rings. The molecule has 3 heteroatoms. The molecule has 0 bridgehead atoms. The van der Waals surface area contributed by atoms with Crippen LogP contribution in [0.4, 0.5) is 0 Å². The van der Waals surface area contributed by atoms with E-state index in [-0.39, 0.29) is 5.97 Å². The monoisotopic (exact) mass is 197 g/mol. The Morgan fingerprint density at radius 2 is 1.93 bits per heavy atom. The molecule has 0 unspecified atom stereocenters. The Hall–Kier alpha value is -1.04. The van der Waals surface area contributed by atoms with Crippen LogP contribution in [-0.4, -0.2) is 12.6 Å². The zero-order valence-corrected chi connectivity index (χ0v) is 9.30. The molecule has 3 nitrogen and oxygen atoms in total. The lowest BCUT2D eigenvalue weighted by molar-refractivity contribution is -0.153. The predicted molar refractivity (Wildman–Crippen MR) is 54.5 cm³/mol. The van der Waals surface area contributed by atoms with Gasteiger partial charge in [-0.3, -0.25) is 4.79 Å². The molecule has 80 valence electrons. The van der Waals surface area contributed by atoms with Crippen LogP contribution < -0.4 is 0 Å². The third kappa shape index (κ3) is 3.02. The maximum Gasteiger partial charge on any atom is 0.326 e. The summed E-state index contributed by atoms with van der Waals surface area (Å²) in [7, 11) is 0. The molecule has 14 heavy (non-hydrogen) atoms. The second kappa shape index (κ2) is 6.42. The topological polar surface area (TPSA) is 50.1 Å². The second-order valence-electron chi connectivity index (χ2n) is 3.39. The Kier molecular flexibility index (Phi) is 5.94. The minimum Gasteiger partial charge on any atom is -0.465 e. The summed E-state index contributed by atoms with van der Waals surface area (Å²) in [5.74, 6) is -0.363. The number of unbranched alkanes of at least 4 members (excludes halogenated alkanes) is 1. The predicted octanol–water partition coefficient (Wildman–Crippen LogP) is 2.66. The van der Waals surface area contributed by atoms with Crippen LogP contribution in [0.5, 0.6) is 0 Å². The van der Waals surface area contributed by atoms with Gasteiger partial charge in [-0.2, -0.15) is 5.26 Å². The molecule has 0 aliphatic heterocycles. The van der Waals surface area contributed by atoms with E-state index in [2.05, 4.69) is 6.07 Å². The van der Waals surface area contributed by atoms with Crippen molar-refractivity contribution in [1.82, 2.24) is 0 Å². The molecule has 0 atom stereocenters. The van der Waals surface area contributed by atoms with E-state index in [1.807, 2.05) is 20.8 Å². The normalized spacial score (nSPS) is 10.7. The van der Waals surface area contributed by atoms with E-state index < -0.39 is 5.41 Å². The summed E-state index contributed by atoms with van der Waals surface area (Å²) in [5.41, 5.74) is -0.923. The van der Waals surface area contributed by atoms with E-state index >= 15 is 0 Å². The molecule has 0 aliphatic rings. The fraction of sp³-hybridized carbons (Fsp3) is 0.818. The lowest BCUT2D eigenvalue weighted by Gasteiger charge is -2.20. The van der Waals surface area contributed by atoms with Crippen molar-refractivity contribution in [2.45, 2.75) is 46.5 Å². The van der Waals surface area contributed by atoms with Crippen LogP contribution in [0.25, 0.3) is 0 Å². The van der Waals surface area contributed by atoms with Crippen LogP contribution in [0.2, 0.25) is 0 Å². The first kappa shape index (κ1) is 13.0. The molecule has 0 aromatic rings. The van der Waals surface area contributed by atoms with Gasteiger partial charge in [-0.1, -0.05) is 27.2 Å². The van der Waals surface area contributed by atoms with Gasteiger partial charge >= 0.3 is 5.97 Å². The zero-order chi connectivity index (χ0) is 11.0. The number of hydrogen-bond acceptors (Lipinski definition) is 3. The molecule has 0 radical (unpaired) electrons. The highest BCUT2D eigenvalue weighted by Crippen LogP contribution is 2.26. The number of nitrogens with zero attached hydrogens (tertiary/aromatic N) is 1. The maximum atomic E-state index is 11.6. The van der Waals surface area contributed by atoms with Crippen molar-refractivity contribution >= 4 is 5.97 Å². The first-order valence-electron chi connectivity index (χ1n) is 5.25. The second-order valence-corrected chi connectivity index (χ2v) is 3.39. The average Bonchev–Trinajstić information content (AvgIpc) is 2.22. The molecular formula is C11H19NO2. The van der Waals surface area contributed by atoms with Crippen molar-refractivity contribution in [2.24, 2.45) is 5.41 Å². The van der Waals surface area contributed by atoms with Gasteiger partial charge in [0, 0.05) is 0 Å². The van der Waals surface area contributed by atoms with E-state index in [1.54, 1.807) is 0 Å². The molecule has 0 spiro atoms. The molecule has 0 aromatic heterocycles. The number of ether oxygens (including phenoxy) is 1. The van der Waals surface area contributed by atoms with Gasteiger partial charge in [0.15, 0.2) is 5.41 Å². The van der Waals surface area contributed by atoms with Crippen LogP contribution >= 0.6 is 0 Å². The van der Waals surface area contributed by atoms with Gasteiger partial charge in [0.1, 0.15) is 0 Å². The molecular weight excluding hydrogens is 178 g/mol. The van der Waals surface area contributed by atoms with E-state index in [0.29, 0.717) is 19.4 Å². The van der Waals surface area contributed by atoms with Crippen LogP contribution in [-0.2, 0) is 9.53 Å². The lowest BCUT2D eigenvalue weighted by Crippen LogP contribution is -2.30. The quantitative estimate of drug-likeness (QED) is 0.486. The van der Waals surface area contributed by atoms with Crippen LogP contribution in [0, 0.1) is 16.7 Å². The van der Waals surface area contributed by atoms with Gasteiger partial charge in [-0.15, -0.1) is 0 Å². The molecule has 0 heterocycles. The Bertz CT molecular complexity index is 214. The highest BCUT2D eigenvalue weighted by atomic mass is 16.5. The number of esters is 1. The first-order valence-corrected chi connectivity index (χ1v) is 5.25. The van der Waals surface area contributed by atoms with Crippen molar-refractivity contribution in [3.05, 3.63) is 0 Å². The van der Waals surface area contributed by atoms with Crippen LogP contribution in [0.1, 0.15) is 46.5 Å². The molecule has 0 amide bonds. The highest BCUT2D eigenvalue weighted by Gasteiger charge is 2.36. The fourth-order valence-corrected chi connectivity index (χ4v) is 1.19. The van der Waals surface area contributed by atoms with E-state index in [1.165, 1.54) is 0 Å². The fourth-order valence-electron chi connectivity index (χ4n) is 1.19.